The van der Waals surface area contributed by atoms with Gasteiger partial charge in [-0.15, -0.1) is 0 Å². The predicted molar refractivity (Wildman–Crippen MR) is 84.6 cm³/mol. The van der Waals surface area contributed by atoms with E-state index >= 15 is 0 Å². The summed E-state index contributed by atoms with van der Waals surface area (Å²) < 4.78 is 6.76. The molecule has 1 aromatic rings. The molecule has 0 aromatic carbocycles. The minimum atomic E-state index is -1.08. The molecule has 1 aromatic heterocycles. The molecule has 7 nitrogen and oxygen atoms in total. The molecule has 1 saturated carbocycles. The highest BCUT2D eigenvalue weighted by Gasteiger charge is 2.33. The molecular formula is C16H25N3O4. The average Bonchev–Trinajstić information content (AvgIpc) is 3.19. The van der Waals surface area contributed by atoms with Crippen LogP contribution in [0.25, 0.3) is 0 Å². The Bertz CT molecular complexity index is 585. The van der Waals surface area contributed by atoms with E-state index in [-0.39, 0.29) is 24.3 Å². The number of nitrogens with one attached hydrogen (secondary N) is 1. The van der Waals surface area contributed by atoms with Crippen molar-refractivity contribution in [2.24, 2.45) is 0 Å². The minimum Gasteiger partial charge on any atom is -0.480 e. The summed E-state index contributed by atoms with van der Waals surface area (Å²) >= 11 is 0. The first-order chi connectivity index (χ1) is 10.7. The molecule has 128 valence electrons. The number of carboxylic acids is 1. The highest BCUT2D eigenvalue weighted by atomic mass is 16.5. The molecule has 1 aliphatic rings. The molecule has 1 amide bonds. The van der Waals surface area contributed by atoms with Gasteiger partial charge in [0.2, 0.25) is 0 Å². The predicted octanol–water partition coefficient (Wildman–Crippen LogP) is 1.74. The lowest BCUT2D eigenvalue weighted by molar-refractivity contribution is -0.139. The van der Waals surface area contributed by atoms with E-state index in [0.29, 0.717) is 5.92 Å². The van der Waals surface area contributed by atoms with Gasteiger partial charge >= 0.3 is 5.97 Å². The third-order valence-electron chi connectivity index (χ3n) is 3.81. The van der Waals surface area contributed by atoms with Gasteiger partial charge in [0.1, 0.15) is 11.7 Å². The molecule has 1 unspecified atom stereocenters. The molecule has 1 fully saturated rings. The van der Waals surface area contributed by atoms with E-state index in [9.17, 15) is 14.7 Å². The van der Waals surface area contributed by atoms with Crippen LogP contribution in [0.2, 0.25) is 0 Å². The molecule has 1 heterocycles. The summed E-state index contributed by atoms with van der Waals surface area (Å²) in [7, 11) is 1.49. The van der Waals surface area contributed by atoms with Gasteiger partial charge < -0.3 is 15.2 Å². The molecule has 2 rings (SSSR count). The number of rotatable bonds is 7. The van der Waals surface area contributed by atoms with Crippen LogP contribution >= 0.6 is 0 Å². The molecule has 0 bridgehead atoms. The van der Waals surface area contributed by atoms with Crippen LogP contribution in [0.3, 0.4) is 0 Å². The Morgan fingerprint density at radius 2 is 2.13 bits per heavy atom. The fourth-order valence-electron chi connectivity index (χ4n) is 2.44. The fraction of sp³-hybridized carbons (Fsp3) is 0.688. The SMILES string of the molecule is COCCC(NC(=O)c1cc(C2CC2)n(C(C)(C)C)n1)C(=O)O. The van der Waals surface area contributed by atoms with Crippen molar-refractivity contribution in [1.29, 1.82) is 0 Å². The molecule has 0 spiro atoms. The number of methoxy groups -OCH3 is 1. The fourth-order valence-corrected chi connectivity index (χ4v) is 2.44. The molecule has 1 aliphatic carbocycles. The van der Waals surface area contributed by atoms with Crippen LogP contribution in [-0.4, -0.2) is 46.5 Å². The average molecular weight is 323 g/mol. The lowest BCUT2D eigenvalue weighted by atomic mass is 10.1. The van der Waals surface area contributed by atoms with Crippen LogP contribution in [-0.2, 0) is 15.1 Å². The van der Waals surface area contributed by atoms with Crippen molar-refractivity contribution in [2.45, 2.75) is 57.5 Å². The number of hydrogen-bond donors (Lipinski definition) is 2. The molecule has 7 heteroatoms. The van der Waals surface area contributed by atoms with Crippen molar-refractivity contribution >= 4 is 11.9 Å². The quantitative estimate of drug-likeness (QED) is 0.797. The summed E-state index contributed by atoms with van der Waals surface area (Å²) in [4.78, 5) is 23.6. The highest BCUT2D eigenvalue weighted by Crippen LogP contribution is 2.41. The van der Waals surface area contributed by atoms with Gasteiger partial charge in [-0.3, -0.25) is 9.48 Å². The highest BCUT2D eigenvalue weighted by molar-refractivity contribution is 5.95. The molecular weight excluding hydrogens is 298 g/mol. The van der Waals surface area contributed by atoms with Crippen LogP contribution in [0.5, 0.6) is 0 Å². The van der Waals surface area contributed by atoms with Gasteiger partial charge in [0.15, 0.2) is 0 Å². The normalized spacial score (nSPS) is 16.2. The summed E-state index contributed by atoms with van der Waals surface area (Å²) in [5, 5.41) is 16.1. The number of hydrogen-bond acceptors (Lipinski definition) is 4. The van der Waals surface area contributed by atoms with Crippen molar-refractivity contribution < 1.29 is 19.4 Å². The largest absolute Gasteiger partial charge is 0.480 e. The van der Waals surface area contributed by atoms with E-state index in [1.165, 1.54) is 7.11 Å². The topological polar surface area (TPSA) is 93.5 Å². The Balaban J connectivity index is 2.17. The summed E-state index contributed by atoms with van der Waals surface area (Å²) in [6, 6.07) is 0.805. The summed E-state index contributed by atoms with van der Waals surface area (Å²) in [5.74, 6) is -1.08. The standard InChI is InChI=1S/C16H25N3O4/c1-16(2,3)19-13(10-5-6-10)9-12(18-19)14(20)17-11(15(21)22)7-8-23-4/h9-11H,5-8H2,1-4H3,(H,17,20)(H,21,22). The Morgan fingerprint density at radius 1 is 1.48 bits per heavy atom. The second-order valence-electron chi connectivity index (χ2n) is 6.96. The Hall–Kier alpha value is -1.89. The van der Waals surface area contributed by atoms with Crippen molar-refractivity contribution in [3.05, 3.63) is 17.5 Å². The maximum Gasteiger partial charge on any atom is 0.326 e. The second kappa shape index (κ2) is 6.70. The number of carbonyl (C=O) groups excluding carboxylic acids is 1. The number of aromatic nitrogens is 2. The first kappa shape index (κ1) is 17.5. The number of amides is 1. The summed E-state index contributed by atoms with van der Waals surface area (Å²) in [6.45, 7) is 6.37. The van der Waals surface area contributed by atoms with Gasteiger partial charge in [-0.1, -0.05) is 0 Å². The van der Waals surface area contributed by atoms with E-state index in [1.54, 1.807) is 6.07 Å². The first-order valence-electron chi connectivity index (χ1n) is 7.87. The van der Waals surface area contributed by atoms with Crippen LogP contribution in [0.4, 0.5) is 0 Å². The number of carbonyl (C=O) groups is 2. The van der Waals surface area contributed by atoms with Crippen LogP contribution in [0.15, 0.2) is 6.07 Å². The molecule has 0 radical (unpaired) electrons. The molecule has 0 saturated heterocycles. The maximum absolute atomic E-state index is 12.4. The lowest BCUT2D eigenvalue weighted by Crippen LogP contribution is -2.41. The zero-order valence-electron chi connectivity index (χ0n) is 14.1. The Labute approximate surface area is 136 Å². The van der Waals surface area contributed by atoms with Gasteiger partial charge in [0, 0.05) is 31.7 Å². The number of ether oxygens (including phenoxy) is 1. The smallest absolute Gasteiger partial charge is 0.326 e. The zero-order valence-corrected chi connectivity index (χ0v) is 14.1. The van der Waals surface area contributed by atoms with Gasteiger partial charge in [0.05, 0.1) is 5.54 Å². The van der Waals surface area contributed by atoms with E-state index in [0.717, 1.165) is 18.5 Å². The van der Waals surface area contributed by atoms with E-state index < -0.39 is 17.9 Å². The third kappa shape index (κ3) is 4.31. The zero-order chi connectivity index (χ0) is 17.2. The van der Waals surface area contributed by atoms with Crippen LogP contribution < -0.4 is 5.32 Å². The van der Waals surface area contributed by atoms with Gasteiger partial charge in [-0.25, -0.2) is 4.79 Å². The van der Waals surface area contributed by atoms with Crippen molar-refractivity contribution in [2.75, 3.05) is 13.7 Å². The lowest BCUT2D eigenvalue weighted by Gasteiger charge is -2.22. The third-order valence-corrected chi connectivity index (χ3v) is 3.81. The van der Waals surface area contributed by atoms with Gasteiger partial charge in [0.25, 0.3) is 5.91 Å². The maximum atomic E-state index is 12.4. The number of nitrogens with zero attached hydrogens (tertiary/aromatic N) is 2. The van der Waals surface area contributed by atoms with Crippen molar-refractivity contribution in [3.8, 4) is 0 Å². The molecule has 0 aliphatic heterocycles. The molecule has 23 heavy (non-hydrogen) atoms. The first-order valence-corrected chi connectivity index (χ1v) is 7.87. The van der Waals surface area contributed by atoms with E-state index in [1.807, 2.05) is 25.5 Å². The Morgan fingerprint density at radius 3 is 2.61 bits per heavy atom. The van der Waals surface area contributed by atoms with Gasteiger partial charge in [-0.05, 0) is 39.7 Å². The van der Waals surface area contributed by atoms with E-state index in [2.05, 4.69) is 10.4 Å². The number of carboxylic acid groups (broad SMARTS) is 1. The minimum absolute atomic E-state index is 0.215. The monoisotopic (exact) mass is 323 g/mol. The Kier molecular flexibility index (Phi) is 5.09. The summed E-state index contributed by atoms with van der Waals surface area (Å²) in [5.41, 5.74) is 1.09. The second-order valence-corrected chi connectivity index (χ2v) is 6.96. The molecule has 2 N–H and O–H groups in total. The van der Waals surface area contributed by atoms with Crippen molar-refractivity contribution in [1.82, 2.24) is 15.1 Å². The summed E-state index contributed by atoms with van der Waals surface area (Å²) in [6.07, 6.45) is 2.43. The van der Waals surface area contributed by atoms with Crippen LogP contribution in [0.1, 0.15) is 62.1 Å². The molecule has 1 atom stereocenters. The van der Waals surface area contributed by atoms with Gasteiger partial charge in [-0.2, -0.15) is 5.10 Å². The number of aliphatic carboxylic acids is 1. The van der Waals surface area contributed by atoms with E-state index in [4.69, 9.17) is 4.74 Å². The van der Waals surface area contributed by atoms with Crippen LogP contribution in [0, 0.1) is 0 Å². The van der Waals surface area contributed by atoms with Crippen molar-refractivity contribution in [3.63, 3.8) is 0 Å².